The molecule has 7 heteroatoms. The van der Waals surface area contributed by atoms with E-state index in [2.05, 4.69) is 11.8 Å². The van der Waals surface area contributed by atoms with Crippen LogP contribution in [0.5, 0.6) is 17.4 Å². The molecule has 2 aromatic carbocycles. The van der Waals surface area contributed by atoms with Crippen LogP contribution in [-0.4, -0.2) is 58.3 Å². The molecule has 3 rings (SSSR count). The van der Waals surface area contributed by atoms with Crippen molar-refractivity contribution in [3.63, 3.8) is 0 Å². The predicted octanol–water partition coefficient (Wildman–Crippen LogP) is 5.37. The van der Waals surface area contributed by atoms with Crippen molar-refractivity contribution >= 4 is 0 Å². The number of nitrogens with zero attached hydrogens (tertiary/aromatic N) is 3. The van der Waals surface area contributed by atoms with Crippen molar-refractivity contribution in [3.05, 3.63) is 65.9 Å². The van der Waals surface area contributed by atoms with Crippen molar-refractivity contribution in [3.8, 4) is 23.1 Å². The van der Waals surface area contributed by atoms with Gasteiger partial charge >= 0.3 is 0 Å². The third-order valence-electron chi connectivity index (χ3n) is 5.51. The molecule has 0 aliphatic heterocycles. The van der Waals surface area contributed by atoms with Crippen molar-refractivity contribution in [1.82, 2.24) is 14.7 Å². The van der Waals surface area contributed by atoms with Crippen LogP contribution in [0, 0.1) is 6.92 Å². The van der Waals surface area contributed by atoms with Crippen molar-refractivity contribution in [2.75, 3.05) is 26.8 Å². The average Bonchev–Trinajstić information content (AvgIpc) is 3.13. The van der Waals surface area contributed by atoms with Crippen LogP contribution >= 0.6 is 0 Å². The maximum Gasteiger partial charge on any atom is 0.227 e. The molecule has 0 fully saturated rings. The molecule has 190 valence electrons. The molecule has 1 N–H and O–H groups in total. The molecule has 0 bridgehead atoms. The van der Waals surface area contributed by atoms with E-state index in [1.807, 2.05) is 87.0 Å². The van der Waals surface area contributed by atoms with Crippen LogP contribution in [0.3, 0.4) is 0 Å². The fourth-order valence-corrected chi connectivity index (χ4v) is 3.85. The van der Waals surface area contributed by atoms with Gasteiger partial charge < -0.3 is 19.3 Å². The number of aliphatic hydroxyl groups is 1. The molecule has 1 atom stereocenters. The van der Waals surface area contributed by atoms with E-state index in [0.29, 0.717) is 30.5 Å². The second kappa shape index (κ2) is 12.2. The highest BCUT2D eigenvalue weighted by atomic mass is 16.5. The van der Waals surface area contributed by atoms with Gasteiger partial charge in [-0.05, 0) is 64.9 Å². The van der Waals surface area contributed by atoms with E-state index in [0.717, 1.165) is 29.9 Å². The summed E-state index contributed by atoms with van der Waals surface area (Å²) in [5, 5.41) is 15.5. The zero-order valence-electron chi connectivity index (χ0n) is 21.8. The lowest BCUT2D eigenvalue weighted by molar-refractivity contribution is -0.0567. The van der Waals surface area contributed by atoms with E-state index < -0.39 is 6.10 Å². The van der Waals surface area contributed by atoms with Crippen molar-refractivity contribution < 1.29 is 19.3 Å². The molecule has 7 nitrogen and oxygen atoms in total. The molecule has 0 spiro atoms. The number of rotatable bonds is 12. The summed E-state index contributed by atoms with van der Waals surface area (Å²) in [6.45, 7) is 12.3. The Kier molecular flexibility index (Phi) is 9.32. The Morgan fingerprint density at radius 1 is 1.03 bits per heavy atom. The van der Waals surface area contributed by atoms with Gasteiger partial charge in [0.2, 0.25) is 5.88 Å². The molecule has 0 amide bonds. The van der Waals surface area contributed by atoms with Gasteiger partial charge in [-0.3, -0.25) is 4.90 Å². The van der Waals surface area contributed by atoms with Crippen LogP contribution in [0.1, 0.15) is 45.4 Å². The van der Waals surface area contributed by atoms with Gasteiger partial charge in [0.25, 0.3) is 0 Å². The topological polar surface area (TPSA) is 69.0 Å². The van der Waals surface area contributed by atoms with Crippen molar-refractivity contribution in [2.45, 2.75) is 59.3 Å². The SMILES string of the molecule is CCCN(Cc1c(C)nn(-c2ccccc2)c1Oc1ccccc1OC)CC(O)COC(C)(C)C. The number of benzene rings is 2. The normalized spacial score (nSPS) is 12.7. The van der Waals surface area contributed by atoms with Crippen LogP contribution in [0.25, 0.3) is 5.69 Å². The first-order valence-electron chi connectivity index (χ1n) is 12.2. The lowest BCUT2D eigenvalue weighted by Crippen LogP contribution is -2.37. The van der Waals surface area contributed by atoms with Gasteiger partial charge in [-0.2, -0.15) is 5.10 Å². The van der Waals surface area contributed by atoms with Crippen LogP contribution in [0.2, 0.25) is 0 Å². The van der Waals surface area contributed by atoms with Crippen LogP contribution in [0.15, 0.2) is 54.6 Å². The second-order valence-electron chi connectivity index (χ2n) is 9.68. The standard InChI is InChI=1S/C28H39N3O4/c1-7-17-30(18-23(32)20-34-28(3,4)5)19-24-21(2)29-31(22-13-9-8-10-14-22)27(24)35-26-16-12-11-15-25(26)33-6/h8-16,23,32H,7,17-20H2,1-6H3. The fraction of sp³-hybridized carbons (Fsp3) is 0.464. The molecule has 3 aromatic rings. The first kappa shape index (κ1) is 26.7. The second-order valence-corrected chi connectivity index (χ2v) is 9.68. The Balaban J connectivity index is 1.94. The van der Waals surface area contributed by atoms with Crippen molar-refractivity contribution in [1.29, 1.82) is 0 Å². The summed E-state index contributed by atoms with van der Waals surface area (Å²) in [6, 6.07) is 17.5. The van der Waals surface area contributed by atoms with E-state index in [4.69, 9.17) is 19.3 Å². The van der Waals surface area contributed by atoms with Gasteiger partial charge in [-0.15, -0.1) is 0 Å². The summed E-state index contributed by atoms with van der Waals surface area (Å²) in [4.78, 5) is 2.23. The molecule has 0 aliphatic rings. The molecular formula is C28H39N3O4. The summed E-state index contributed by atoms with van der Waals surface area (Å²) in [6.07, 6.45) is 0.366. The van der Waals surface area contributed by atoms with Gasteiger partial charge in [0, 0.05) is 13.1 Å². The quantitative estimate of drug-likeness (QED) is 0.375. The number of methoxy groups -OCH3 is 1. The Morgan fingerprint density at radius 3 is 2.31 bits per heavy atom. The highest BCUT2D eigenvalue weighted by Gasteiger charge is 2.24. The molecule has 1 aromatic heterocycles. The number of aliphatic hydroxyl groups excluding tert-OH is 1. The zero-order valence-corrected chi connectivity index (χ0v) is 21.8. The number of hydrogen-bond acceptors (Lipinski definition) is 6. The summed E-state index contributed by atoms with van der Waals surface area (Å²) in [5.41, 5.74) is 2.46. The first-order chi connectivity index (χ1) is 16.7. The molecule has 1 unspecified atom stereocenters. The average molecular weight is 482 g/mol. The van der Waals surface area contributed by atoms with E-state index in [-0.39, 0.29) is 12.2 Å². The molecule has 1 heterocycles. The van der Waals surface area contributed by atoms with Crippen LogP contribution in [0.4, 0.5) is 0 Å². The largest absolute Gasteiger partial charge is 0.493 e. The maximum atomic E-state index is 10.7. The Morgan fingerprint density at radius 2 is 1.69 bits per heavy atom. The highest BCUT2D eigenvalue weighted by Crippen LogP contribution is 2.36. The smallest absolute Gasteiger partial charge is 0.227 e. The number of hydrogen-bond donors (Lipinski definition) is 1. The Labute approximate surface area is 209 Å². The van der Waals surface area contributed by atoms with Gasteiger partial charge in [-0.1, -0.05) is 37.3 Å². The minimum Gasteiger partial charge on any atom is -0.493 e. The maximum absolute atomic E-state index is 10.7. The van der Waals surface area contributed by atoms with Crippen LogP contribution in [-0.2, 0) is 11.3 Å². The summed E-state index contributed by atoms with van der Waals surface area (Å²) < 4.78 is 19.6. The monoisotopic (exact) mass is 481 g/mol. The first-order valence-corrected chi connectivity index (χ1v) is 12.2. The minimum atomic E-state index is -0.594. The van der Waals surface area contributed by atoms with Crippen molar-refractivity contribution in [2.24, 2.45) is 0 Å². The lowest BCUT2D eigenvalue weighted by Gasteiger charge is -2.27. The number of aryl methyl sites for hydroxylation is 1. The minimum absolute atomic E-state index is 0.288. The zero-order chi connectivity index (χ0) is 25.4. The predicted molar refractivity (Wildman–Crippen MR) is 139 cm³/mol. The number of ether oxygens (including phenoxy) is 3. The van der Waals surface area contributed by atoms with E-state index >= 15 is 0 Å². The van der Waals surface area contributed by atoms with E-state index in [9.17, 15) is 5.11 Å². The third-order valence-corrected chi connectivity index (χ3v) is 5.51. The number of para-hydroxylation sites is 3. The Hall–Kier alpha value is -2.87. The molecule has 0 saturated heterocycles. The molecule has 0 radical (unpaired) electrons. The van der Waals surface area contributed by atoms with Gasteiger partial charge in [0.1, 0.15) is 0 Å². The lowest BCUT2D eigenvalue weighted by atomic mass is 10.2. The highest BCUT2D eigenvalue weighted by molar-refractivity contribution is 5.47. The number of aromatic nitrogens is 2. The Bertz CT molecular complexity index is 1060. The van der Waals surface area contributed by atoms with Gasteiger partial charge in [0.15, 0.2) is 11.5 Å². The van der Waals surface area contributed by atoms with Crippen LogP contribution < -0.4 is 9.47 Å². The summed E-state index contributed by atoms with van der Waals surface area (Å²) in [5.74, 6) is 1.91. The van der Waals surface area contributed by atoms with Gasteiger partial charge in [-0.25, -0.2) is 4.68 Å². The third kappa shape index (κ3) is 7.56. The molecule has 0 saturated carbocycles. The van der Waals surface area contributed by atoms with Gasteiger partial charge in [0.05, 0.1) is 42.4 Å². The van der Waals surface area contributed by atoms with E-state index in [1.54, 1.807) is 7.11 Å². The molecule has 0 aliphatic carbocycles. The fourth-order valence-electron chi connectivity index (χ4n) is 3.85. The van der Waals surface area contributed by atoms with E-state index in [1.165, 1.54) is 0 Å². The summed E-state index contributed by atoms with van der Waals surface area (Å²) >= 11 is 0. The molecular weight excluding hydrogens is 442 g/mol. The summed E-state index contributed by atoms with van der Waals surface area (Å²) in [7, 11) is 1.63. The molecule has 35 heavy (non-hydrogen) atoms.